The van der Waals surface area contributed by atoms with Gasteiger partial charge in [-0.2, -0.15) is 0 Å². The number of methoxy groups -OCH3 is 1. The number of ether oxygens (including phenoxy) is 1. The molecule has 0 radical (unpaired) electrons. The third kappa shape index (κ3) is 2.63. The van der Waals surface area contributed by atoms with Crippen LogP contribution >= 0.6 is 0 Å². The van der Waals surface area contributed by atoms with E-state index in [1.54, 1.807) is 11.7 Å². The molecular formula is C18H20N2O3. The summed E-state index contributed by atoms with van der Waals surface area (Å²) < 4.78 is 6.97. The van der Waals surface area contributed by atoms with Crippen molar-refractivity contribution >= 4 is 11.6 Å². The molecule has 0 unspecified atom stereocenters. The monoisotopic (exact) mass is 312 g/mol. The molecule has 2 N–H and O–H groups in total. The fourth-order valence-corrected chi connectivity index (χ4v) is 3.22. The summed E-state index contributed by atoms with van der Waals surface area (Å²) in [4.78, 5) is 24.7. The zero-order chi connectivity index (χ0) is 16.8. The van der Waals surface area contributed by atoms with Crippen LogP contribution in [-0.2, 0) is 6.42 Å². The summed E-state index contributed by atoms with van der Waals surface area (Å²) in [5, 5.41) is 0. The van der Waals surface area contributed by atoms with Crippen molar-refractivity contribution in [1.29, 1.82) is 0 Å². The summed E-state index contributed by atoms with van der Waals surface area (Å²) >= 11 is 0. The summed E-state index contributed by atoms with van der Waals surface area (Å²) in [6.45, 7) is 4.06. The van der Waals surface area contributed by atoms with Crippen LogP contribution in [0.25, 0.3) is 5.69 Å². The first-order valence-electron chi connectivity index (χ1n) is 7.54. The molecule has 2 aromatic rings. The van der Waals surface area contributed by atoms with Gasteiger partial charge in [-0.1, -0.05) is 13.8 Å². The van der Waals surface area contributed by atoms with E-state index < -0.39 is 0 Å². The Hall–Kier alpha value is -2.56. The van der Waals surface area contributed by atoms with Crippen molar-refractivity contribution in [2.24, 2.45) is 5.41 Å². The number of pyridine rings is 1. The van der Waals surface area contributed by atoms with Crippen molar-refractivity contribution in [3.05, 3.63) is 51.8 Å². The van der Waals surface area contributed by atoms with E-state index in [0.717, 1.165) is 11.4 Å². The molecule has 0 bridgehead atoms. The predicted octanol–water partition coefficient (Wildman–Crippen LogP) is 2.58. The summed E-state index contributed by atoms with van der Waals surface area (Å²) in [5.74, 6) is 0.964. The van der Waals surface area contributed by atoms with E-state index in [0.29, 0.717) is 24.4 Å². The molecule has 5 nitrogen and oxygen atoms in total. The predicted molar refractivity (Wildman–Crippen MR) is 89.4 cm³/mol. The first kappa shape index (κ1) is 15.3. The minimum absolute atomic E-state index is 0.108. The number of rotatable bonds is 2. The van der Waals surface area contributed by atoms with Gasteiger partial charge in [0.15, 0.2) is 11.2 Å². The summed E-state index contributed by atoms with van der Waals surface area (Å²) in [6.07, 6.45) is 1.00. The van der Waals surface area contributed by atoms with Gasteiger partial charge in [0, 0.05) is 23.9 Å². The van der Waals surface area contributed by atoms with Crippen LogP contribution in [0, 0.1) is 5.41 Å². The molecule has 120 valence electrons. The van der Waals surface area contributed by atoms with Gasteiger partial charge in [0.1, 0.15) is 11.6 Å². The summed E-state index contributed by atoms with van der Waals surface area (Å²) in [7, 11) is 1.60. The highest BCUT2D eigenvalue weighted by atomic mass is 16.5. The number of benzene rings is 1. The van der Waals surface area contributed by atoms with Gasteiger partial charge < -0.3 is 10.5 Å². The molecule has 0 atom stereocenters. The number of carbonyl (C=O) groups is 1. The first-order chi connectivity index (χ1) is 10.8. The van der Waals surface area contributed by atoms with E-state index in [1.165, 1.54) is 6.07 Å². The maximum absolute atomic E-state index is 12.4. The molecular weight excluding hydrogens is 292 g/mol. The average molecular weight is 312 g/mol. The number of fused-ring (bicyclic) bond motifs is 1. The fourth-order valence-electron chi connectivity index (χ4n) is 3.22. The van der Waals surface area contributed by atoms with Crippen LogP contribution in [-0.4, -0.2) is 17.5 Å². The Balaban J connectivity index is 2.27. The number of hydrogen-bond donors (Lipinski definition) is 1. The van der Waals surface area contributed by atoms with Crippen molar-refractivity contribution < 1.29 is 9.53 Å². The van der Waals surface area contributed by atoms with E-state index in [2.05, 4.69) is 0 Å². The fraction of sp³-hybridized carbons (Fsp3) is 0.333. The maximum Gasteiger partial charge on any atom is 0.194 e. The number of anilines is 1. The van der Waals surface area contributed by atoms with Crippen LogP contribution in [0.2, 0.25) is 0 Å². The van der Waals surface area contributed by atoms with Crippen LogP contribution in [0.1, 0.15) is 36.3 Å². The molecule has 23 heavy (non-hydrogen) atoms. The highest BCUT2D eigenvalue weighted by Gasteiger charge is 2.35. The number of carbonyl (C=O) groups excluding carboxylic acids is 1. The van der Waals surface area contributed by atoms with Crippen molar-refractivity contribution in [3.63, 3.8) is 0 Å². The lowest BCUT2D eigenvalue weighted by molar-refractivity contribution is 0.0908. The topological polar surface area (TPSA) is 74.3 Å². The molecule has 1 aromatic heterocycles. The highest BCUT2D eigenvalue weighted by Crippen LogP contribution is 2.35. The van der Waals surface area contributed by atoms with Gasteiger partial charge in [0.25, 0.3) is 0 Å². The second-order valence-electron chi connectivity index (χ2n) is 6.73. The second kappa shape index (κ2) is 5.26. The van der Waals surface area contributed by atoms with Gasteiger partial charge in [0.05, 0.1) is 12.7 Å². The van der Waals surface area contributed by atoms with E-state index >= 15 is 0 Å². The highest BCUT2D eigenvalue weighted by molar-refractivity contribution is 5.99. The molecule has 1 aliphatic carbocycles. The van der Waals surface area contributed by atoms with Crippen LogP contribution in [0.5, 0.6) is 5.75 Å². The Morgan fingerprint density at radius 1 is 1.13 bits per heavy atom. The van der Waals surface area contributed by atoms with Crippen molar-refractivity contribution in [3.8, 4) is 11.4 Å². The van der Waals surface area contributed by atoms with Gasteiger partial charge in [0.2, 0.25) is 0 Å². The largest absolute Gasteiger partial charge is 0.497 e. The lowest BCUT2D eigenvalue weighted by atomic mass is 9.75. The van der Waals surface area contributed by atoms with Crippen LogP contribution in [0.4, 0.5) is 5.82 Å². The number of aromatic nitrogens is 1. The molecule has 1 aromatic carbocycles. The molecule has 0 saturated carbocycles. The van der Waals surface area contributed by atoms with Gasteiger partial charge in [-0.15, -0.1) is 0 Å². The molecule has 0 aliphatic heterocycles. The molecule has 3 rings (SSSR count). The average Bonchev–Trinajstić information content (AvgIpc) is 2.45. The van der Waals surface area contributed by atoms with Gasteiger partial charge in [-0.3, -0.25) is 14.2 Å². The minimum atomic E-state index is -0.289. The number of nitrogens with two attached hydrogens (primary N) is 1. The maximum atomic E-state index is 12.4. The van der Waals surface area contributed by atoms with Gasteiger partial charge in [-0.05, 0) is 36.1 Å². The van der Waals surface area contributed by atoms with E-state index in [1.807, 2.05) is 38.1 Å². The van der Waals surface area contributed by atoms with E-state index in [9.17, 15) is 9.59 Å². The smallest absolute Gasteiger partial charge is 0.194 e. The number of ketones is 1. The molecule has 1 aliphatic rings. The van der Waals surface area contributed by atoms with Crippen LogP contribution in [0.3, 0.4) is 0 Å². The van der Waals surface area contributed by atoms with E-state index in [-0.39, 0.29) is 22.2 Å². The standard InChI is InChI=1S/C18H20N2O3/c1-18(2)9-13-17(15(22)10-18)14(21)8-16(19)20(13)11-4-6-12(23-3)7-5-11/h4-8H,9-10,19H2,1-3H3. The Bertz CT molecular complexity index is 833. The molecule has 1 heterocycles. The van der Waals surface area contributed by atoms with Gasteiger partial charge in [-0.25, -0.2) is 0 Å². The lowest BCUT2D eigenvalue weighted by Crippen LogP contribution is -2.35. The Labute approximate surface area is 134 Å². The Morgan fingerprint density at radius 3 is 2.39 bits per heavy atom. The molecule has 0 amide bonds. The van der Waals surface area contributed by atoms with Crippen molar-refractivity contribution in [1.82, 2.24) is 4.57 Å². The lowest BCUT2D eigenvalue weighted by Gasteiger charge is -2.32. The second-order valence-corrected chi connectivity index (χ2v) is 6.73. The molecule has 0 fully saturated rings. The number of hydrogen-bond acceptors (Lipinski definition) is 4. The minimum Gasteiger partial charge on any atom is -0.497 e. The first-order valence-corrected chi connectivity index (χ1v) is 7.54. The third-order valence-corrected chi connectivity index (χ3v) is 4.24. The summed E-state index contributed by atoms with van der Waals surface area (Å²) in [5.41, 5.74) is 7.40. The molecule has 0 spiro atoms. The molecule has 0 saturated heterocycles. The van der Waals surface area contributed by atoms with Crippen molar-refractivity contribution in [2.75, 3.05) is 12.8 Å². The van der Waals surface area contributed by atoms with Gasteiger partial charge >= 0.3 is 0 Å². The number of Topliss-reactive ketones (excluding diaryl/α,β-unsaturated/α-hetero) is 1. The normalized spacial score (nSPS) is 16.0. The zero-order valence-corrected chi connectivity index (χ0v) is 13.6. The Kier molecular flexibility index (Phi) is 3.51. The number of nitrogens with zero attached hydrogens (tertiary/aromatic N) is 1. The Morgan fingerprint density at radius 2 is 1.78 bits per heavy atom. The summed E-state index contributed by atoms with van der Waals surface area (Å²) in [6, 6.07) is 8.72. The zero-order valence-electron chi connectivity index (χ0n) is 13.6. The van der Waals surface area contributed by atoms with Crippen LogP contribution < -0.4 is 15.9 Å². The third-order valence-electron chi connectivity index (χ3n) is 4.24. The van der Waals surface area contributed by atoms with Crippen LogP contribution in [0.15, 0.2) is 35.1 Å². The number of nitrogen functional groups attached to an aromatic ring is 1. The SMILES string of the molecule is COc1ccc(-n2c(N)cc(=O)c3c2CC(C)(C)CC3=O)cc1. The molecule has 5 heteroatoms. The quantitative estimate of drug-likeness (QED) is 0.925. The van der Waals surface area contributed by atoms with E-state index in [4.69, 9.17) is 10.5 Å². The van der Waals surface area contributed by atoms with Crippen molar-refractivity contribution in [2.45, 2.75) is 26.7 Å².